The van der Waals surface area contributed by atoms with Gasteiger partial charge < -0.3 is 5.32 Å². The highest BCUT2D eigenvalue weighted by Gasteiger charge is 2.02. The first-order valence-electron chi connectivity index (χ1n) is 4.97. The van der Waals surface area contributed by atoms with Crippen molar-refractivity contribution in [3.63, 3.8) is 0 Å². The molecule has 0 aliphatic rings. The van der Waals surface area contributed by atoms with Gasteiger partial charge in [0, 0.05) is 29.0 Å². The minimum Gasteiger partial charge on any atom is -0.380 e. The average Bonchev–Trinajstić information content (AvgIpc) is 2.38. The predicted molar refractivity (Wildman–Crippen MR) is 68.2 cm³/mol. The minimum atomic E-state index is 0.589. The van der Waals surface area contributed by atoms with Gasteiger partial charge in [-0.1, -0.05) is 15.9 Å². The molecule has 2 rings (SSSR count). The van der Waals surface area contributed by atoms with Crippen LogP contribution in [-0.4, -0.2) is 9.97 Å². The molecule has 0 spiro atoms. The summed E-state index contributed by atoms with van der Waals surface area (Å²) in [6.45, 7) is 0.589. The van der Waals surface area contributed by atoms with E-state index in [0.29, 0.717) is 12.1 Å². The standard InChI is InChI=1S/C12H9BrN4/c13-11-2-1-10(4-14)12(3-11)17-7-9-5-15-8-16-6-9/h1-3,5-6,8,17H,7H2. The van der Waals surface area contributed by atoms with Gasteiger partial charge in [0.1, 0.15) is 12.4 Å². The molecule has 0 aliphatic heterocycles. The monoisotopic (exact) mass is 288 g/mol. The molecule has 0 saturated heterocycles. The number of nitriles is 1. The Hall–Kier alpha value is -1.93. The average molecular weight is 289 g/mol. The molecule has 0 atom stereocenters. The molecular weight excluding hydrogens is 280 g/mol. The Kier molecular flexibility index (Phi) is 3.68. The Balaban J connectivity index is 2.14. The lowest BCUT2D eigenvalue weighted by Gasteiger charge is -2.08. The summed E-state index contributed by atoms with van der Waals surface area (Å²) >= 11 is 3.38. The summed E-state index contributed by atoms with van der Waals surface area (Å²) in [5.74, 6) is 0. The van der Waals surface area contributed by atoms with Gasteiger partial charge in [-0.15, -0.1) is 0 Å². The van der Waals surface area contributed by atoms with Crippen LogP contribution in [0, 0.1) is 11.3 Å². The lowest BCUT2D eigenvalue weighted by Crippen LogP contribution is -2.02. The van der Waals surface area contributed by atoms with Gasteiger partial charge in [0.05, 0.1) is 11.3 Å². The van der Waals surface area contributed by atoms with Crippen molar-refractivity contribution in [3.05, 3.63) is 52.5 Å². The first-order chi connectivity index (χ1) is 8.29. The minimum absolute atomic E-state index is 0.589. The third-order valence-corrected chi connectivity index (χ3v) is 2.69. The van der Waals surface area contributed by atoms with E-state index < -0.39 is 0 Å². The summed E-state index contributed by atoms with van der Waals surface area (Å²) in [7, 11) is 0. The van der Waals surface area contributed by atoms with Gasteiger partial charge in [-0.2, -0.15) is 5.26 Å². The van der Waals surface area contributed by atoms with Crippen LogP contribution < -0.4 is 5.32 Å². The SMILES string of the molecule is N#Cc1ccc(Br)cc1NCc1cncnc1. The van der Waals surface area contributed by atoms with Crippen LogP contribution in [0.15, 0.2) is 41.4 Å². The second-order valence-corrected chi connectivity index (χ2v) is 4.32. The number of nitrogens with zero attached hydrogens (tertiary/aromatic N) is 3. The van der Waals surface area contributed by atoms with Crippen molar-refractivity contribution < 1.29 is 0 Å². The second kappa shape index (κ2) is 5.41. The Morgan fingerprint density at radius 2 is 2.06 bits per heavy atom. The van der Waals surface area contributed by atoms with Crippen LogP contribution in [-0.2, 0) is 6.54 Å². The molecule has 1 heterocycles. The van der Waals surface area contributed by atoms with Crippen molar-refractivity contribution in [3.8, 4) is 6.07 Å². The van der Waals surface area contributed by atoms with E-state index in [1.165, 1.54) is 6.33 Å². The Morgan fingerprint density at radius 3 is 2.76 bits per heavy atom. The summed E-state index contributed by atoms with van der Waals surface area (Å²) in [6, 6.07) is 7.64. The van der Waals surface area contributed by atoms with Gasteiger partial charge in [0.15, 0.2) is 0 Å². The van der Waals surface area contributed by atoms with E-state index in [1.54, 1.807) is 18.5 Å². The molecule has 1 aromatic carbocycles. The maximum atomic E-state index is 8.98. The molecule has 0 bridgehead atoms. The van der Waals surface area contributed by atoms with Gasteiger partial charge >= 0.3 is 0 Å². The molecule has 1 aromatic heterocycles. The molecule has 4 nitrogen and oxygen atoms in total. The van der Waals surface area contributed by atoms with Crippen LogP contribution in [0.1, 0.15) is 11.1 Å². The van der Waals surface area contributed by atoms with Gasteiger partial charge in [0.25, 0.3) is 0 Å². The number of hydrogen-bond acceptors (Lipinski definition) is 4. The smallest absolute Gasteiger partial charge is 0.115 e. The summed E-state index contributed by atoms with van der Waals surface area (Å²) in [6.07, 6.45) is 4.97. The number of hydrogen-bond donors (Lipinski definition) is 1. The van der Waals surface area contributed by atoms with Crippen molar-refractivity contribution in [1.82, 2.24) is 9.97 Å². The molecule has 0 fully saturated rings. The number of aromatic nitrogens is 2. The van der Waals surface area contributed by atoms with Crippen LogP contribution in [0.5, 0.6) is 0 Å². The van der Waals surface area contributed by atoms with Crippen molar-refractivity contribution in [2.24, 2.45) is 0 Å². The molecule has 2 aromatic rings. The fourth-order valence-corrected chi connectivity index (χ4v) is 1.74. The quantitative estimate of drug-likeness (QED) is 0.943. The summed E-state index contributed by atoms with van der Waals surface area (Å²) in [4.78, 5) is 7.86. The van der Waals surface area contributed by atoms with Gasteiger partial charge in [0.2, 0.25) is 0 Å². The maximum Gasteiger partial charge on any atom is 0.115 e. The van der Waals surface area contributed by atoms with E-state index in [1.807, 2.05) is 12.1 Å². The summed E-state index contributed by atoms with van der Waals surface area (Å²) in [5, 5.41) is 12.2. The fourth-order valence-electron chi connectivity index (χ4n) is 1.38. The lowest BCUT2D eigenvalue weighted by molar-refractivity contribution is 1.05. The fraction of sp³-hybridized carbons (Fsp3) is 0.0833. The zero-order valence-corrected chi connectivity index (χ0v) is 10.5. The van der Waals surface area contributed by atoms with E-state index in [-0.39, 0.29) is 0 Å². The van der Waals surface area contributed by atoms with E-state index in [4.69, 9.17) is 5.26 Å². The molecule has 0 unspecified atom stereocenters. The molecular formula is C12H9BrN4. The van der Waals surface area contributed by atoms with E-state index in [0.717, 1.165) is 15.7 Å². The molecule has 84 valence electrons. The van der Waals surface area contributed by atoms with E-state index in [2.05, 4.69) is 37.3 Å². The van der Waals surface area contributed by atoms with Crippen molar-refractivity contribution in [2.75, 3.05) is 5.32 Å². The van der Waals surface area contributed by atoms with Crippen LogP contribution >= 0.6 is 15.9 Å². The molecule has 0 radical (unpaired) electrons. The van der Waals surface area contributed by atoms with Gasteiger partial charge in [-0.25, -0.2) is 9.97 Å². The predicted octanol–water partition coefficient (Wildman–Crippen LogP) is 2.72. The van der Waals surface area contributed by atoms with Crippen molar-refractivity contribution in [1.29, 1.82) is 5.26 Å². The highest BCUT2D eigenvalue weighted by molar-refractivity contribution is 9.10. The van der Waals surface area contributed by atoms with Crippen LogP contribution in [0.2, 0.25) is 0 Å². The molecule has 0 amide bonds. The second-order valence-electron chi connectivity index (χ2n) is 3.40. The summed E-state index contributed by atoms with van der Waals surface area (Å²) < 4.78 is 0.934. The number of nitrogens with one attached hydrogen (secondary N) is 1. The number of benzene rings is 1. The molecule has 1 N–H and O–H groups in total. The third kappa shape index (κ3) is 3.02. The molecule has 5 heteroatoms. The number of anilines is 1. The third-order valence-electron chi connectivity index (χ3n) is 2.20. The van der Waals surface area contributed by atoms with Gasteiger partial charge in [-0.05, 0) is 18.2 Å². The molecule has 0 aliphatic carbocycles. The lowest BCUT2D eigenvalue weighted by atomic mass is 10.2. The highest BCUT2D eigenvalue weighted by Crippen LogP contribution is 2.21. The summed E-state index contributed by atoms with van der Waals surface area (Å²) in [5.41, 5.74) is 2.38. The Labute approximate surface area is 107 Å². The van der Waals surface area contributed by atoms with Crippen molar-refractivity contribution in [2.45, 2.75) is 6.54 Å². The van der Waals surface area contributed by atoms with Crippen LogP contribution in [0.4, 0.5) is 5.69 Å². The van der Waals surface area contributed by atoms with Crippen LogP contribution in [0.3, 0.4) is 0 Å². The highest BCUT2D eigenvalue weighted by atomic mass is 79.9. The normalized spacial score (nSPS) is 9.65. The number of rotatable bonds is 3. The van der Waals surface area contributed by atoms with E-state index >= 15 is 0 Å². The zero-order chi connectivity index (χ0) is 12.1. The zero-order valence-electron chi connectivity index (χ0n) is 8.89. The Morgan fingerprint density at radius 1 is 1.29 bits per heavy atom. The van der Waals surface area contributed by atoms with Crippen LogP contribution in [0.25, 0.3) is 0 Å². The van der Waals surface area contributed by atoms with Crippen molar-refractivity contribution >= 4 is 21.6 Å². The first kappa shape index (κ1) is 11.6. The van der Waals surface area contributed by atoms with Gasteiger partial charge in [-0.3, -0.25) is 0 Å². The van der Waals surface area contributed by atoms with E-state index in [9.17, 15) is 0 Å². The largest absolute Gasteiger partial charge is 0.380 e. The first-order valence-corrected chi connectivity index (χ1v) is 5.76. The maximum absolute atomic E-state index is 8.98. The topological polar surface area (TPSA) is 61.6 Å². The number of halogens is 1. The molecule has 17 heavy (non-hydrogen) atoms. The molecule has 0 saturated carbocycles. The Bertz CT molecular complexity index is 548.